The fraction of sp³-hybridized carbons (Fsp3) is 0.939. The molecule has 0 aromatic carbocycles. The van der Waals surface area contributed by atoms with Gasteiger partial charge >= 0.3 is 5.97 Å². The summed E-state index contributed by atoms with van der Waals surface area (Å²) in [5.74, 6) is 5.49. The van der Waals surface area contributed by atoms with E-state index in [-0.39, 0.29) is 18.2 Å². The van der Waals surface area contributed by atoms with Crippen molar-refractivity contribution in [3.8, 4) is 0 Å². The first-order valence-corrected chi connectivity index (χ1v) is 32.8. The fourth-order valence-corrected chi connectivity index (χ4v) is 15.4. The summed E-state index contributed by atoms with van der Waals surface area (Å²) in [5.41, 5.74) is 1.52. The van der Waals surface area contributed by atoms with Gasteiger partial charge in [0, 0.05) is 42.5 Å². The van der Waals surface area contributed by atoms with Crippen LogP contribution in [0.25, 0.3) is 0 Å². The van der Waals surface area contributed by atoms with Crippen LogP contribution >= 0.6 is 62.8 Å². The average Bonchev–Trinajstić information content (AvgIpc) is 3.20. The van der Waals surface area contributed by atoms with Crippen molar-refractivity contribution < 1.29 is 14.3 Å². The second-order valence-corrected chi connectivity index (χ2v) is 26.5. The van der Waals surface area contributed by atoms with Gasteiger partial charge in [-0.1, -0.05) is 198 Å². The minimum absolute atomic E-state index is 0.0573. The minimum Gasteiger partial charge on any atom is -0.494 e. The molecule has 0 aromatic rings. The SMILES string of the molecule is CCCCCCCCCCCCCCSSSCC(C)OC(=O)CCN(CCCN(C)C)CCC(OC(C)CSSSCCCCCCCCCCCCCC)=C1CCC1. The topological polar surface area (TPSA) is 42.0 Å². The number of rotatable bonds is 47. The lowest BCUT2D eigenvalue weighted by atomic mass is 9.90. The summed E-state index contributed by atoms with van der Waals surface area (Å²) in [7, 11) is 15.9. The molecule has 1 rings (SSSR count). The molecule has 1 fully saturated rings. The van der Waals surface area contributed by atoms with Gasteiger partial charge in [-0.2, -0.15) is 0 Å². The summed E-state index contributed by atoms with van der Waals surface area (Å²) in [6, 6.07) is 0. The van der Waals surface area contributed by atoms with Crippen LogP contribution in [0.4, 0.5) is 0 Å². The van der Waals surface area contributed by atoms with Crippen LogP contribution in [0.1, 0.15) is 220 Å². The molecule has 60 heavy (non-hydrogen) atoms. The van der Waals surface area contributed by atoms with Crippen LogP contribution in [-0.4, -0.2) is 91.3 Å². The molecule has 0 spiro atoms. The number of carbonyl (C=O) groups is 1. The standard InChI is InChI=1S/C49H96N2O3S6/c1-7-9-11-13-15-17-19-21-23-25-27-29-41-55-59-57-43-45(3)53-48(47-33-31-34-47)35-39-51(38-32-37-50(5)6)40-36-49(52)54-46(4)44-58-60-56-42-30-28-26-24-22-20-18-16-14-12-10-8-2/h45-46H,7-44H2,1-6H3. The molecule has 1 saturated carbocycles. The van der Waals surface area contributed by atoms with Crippen LogP contribution in [0, 0.1) is 0 Å². The molecule has 11 heteroatoms. The third-order valence-corrected chi connectivity index (χ3v) is 20.3. The first-order chi connectivity index (χ1) is 29.3. The van der Waals surface area contributed by atoms with Crippen molar-refractivity contribution in [2.24, 2.45) is 0 Å². The highest BCUT2D eigenvalue weighted by Crippen LogP contribution is 2.38. The molecule has 356 valence electrons. The summed E-state index contributed by atoms with van der Waals surface area (Å²) in [5, 5.41) is 0. The van der Waals surface area contributed by atoms with E-state index in [0.717, 1.165) is 50.5 Å². The molecule has 2 atom stereocenters. The fourth-order valence-electron chi connectivity index (χ4n) is 7.39. The van der Waals surface area contributed by atoms with Gasteiger partial charge in [0.15, 0.2) is 0 Å². The van der Waals surface area contributed by atoms with Crippen molar-refractivity contribution in [2.75, 3.05) is 63.3 Å². The summed E-state index contributed by atoms with van der Waals surface area (Å²) in [6.07, 6.45) is 40.0. The van der Waals surface area contributed by atoms with Gasteiger partial charge in [0.2, 0.25) is 0 Å². The van der Waals surface area contributed by atoms with Crippen molar-refractivity contribution >= 4 is 68.8 Å². The van der Waals surface area contributed by atoms with Crippen LogP contribution in [0.15, 0.2) is 11.3 Å². The largest absolute Gasteiger partial charge is 0.494 e. The van der Waals surface area contributed by atoms with E-state index in [1.54, 1.807) is 0 Å². The highest BCUT2D eigenvalue weighted by Gasteiger charge is 2.20. The second kappa shape index (κ2) is 45.2. The zero-order valence-electron chi connectivity index (χ0n) is 40.1. The zero-order valence-corrected chi connectivity index (χ0v) is 45.0. The van der Waals surface area contributed by atoms with Gasteiger partial charge in [0.25, 0.3) is 0 Å². The molecule has 0 saturated heterocycles. The van der Waals surface area contributed by atoms with Gasteiger partial charge in [-0.05, 0) is 105 Å². The van der Waals surface area contributed by atoms with E-state index in [4.69, 9.17) is 9.47 Å². The van der Waals surface area contributed by atoms with Crippen molar-refractivity contribution in [1.29, 1.82) is 0 Å². The zero-order chi connectivity index (χ0) is 43.6. The first-order valence-electron chi connectivity index (χ1n) is 25.1. The van der Waals surface area contributed by atoms with Gasteiger partial charge in [0.1, 0.15) is 12.2 Å². The predicted octanol–water partition coefficient (Wildman–Crippen LogP) is 17.3. The molecule has 1 aliphatic rings. The maximum absolute atomic E-state index is 12.9. The molecule has 0 radical (unpaired) electrons. The van der Waals surface area contributed by atoms with Crippen LogP contribution in [0.5, 0.6) is 0 Å². The normalized spacial score (nSPS) is 13.9. The molecule has 0 heterocycles. The van der Waals surface area contributed by atoms with E-state index >= 15 is 0 Å². The van der Waals surface area contributed by atoms with E-state index in [2.05, 4.69) is 44.7 Å². The molecule has 0 aliphatic heterocycles. The van der Waals surface area contributed by atoms with Crippen LogP contribution in [-0.2, 0) is 14.3 Å². The van der Waals surface area contributed by atoms with Crippen molar-refractivity contribution in [1.82, 2.24) is 9.80 Å². The Bertz CT molecular complexity index is 971. The Balaban J connectivity index is 2.22. The van der Waals surface area contributed by atoms with Crippen LogP contribution in [0.3, 0.4) is 0 Å². The van der Waals surface area contributed by atoms with Gasteiger partial charge in [-0.3, -0.25) is 4.79 Å². The molecule has 5 nitrogen and oxygen atoms in total. The molecule has 2 unspecified atom stereocenters. The van der Waals surface area contributed by atoms with E-state index in [0.29, 0.717) is 6.42 Å². The van der Waals surface area contributed by atoms with Crippen molar-refractivity contribution in [3.05, 3.63) is 11.3 Å². The predicted molar refractivity (Wildman–Crippen MR) is 283 cm³/mol. The van der Waals surface area contributed by atoms with Gasteiger partial charge in [0.05, 0.1) is 12.2 Å². The highest BCUT2D eigenvalue weighted by atomic mass is 33.5. The van der Waals surface area contributed by atoms with E-state index in [1.165, 1.54) is 196 Å². The van der Waals surface area contributed by atoms with Crippen LogP contribution < -0.4 is 0 Å². The van der Waals surface area contributed by atoms with E-state index in [1.807, 2.05) is 69.8 Å². The smallest absolute Gasteiger partial charge is 0.307 e. The number of nitrogens with zero attached hydrogens (tertiary/aromatic N) is 2. The molecular weight excluding hydrogens is 857 g/mol. The summed E-state index contributed by atoms with van der Waals surface area (Å²) >= 11 is 0. The maximum Gasteiger partial charge on any atom is 0.307 e. The van der Waals surface area contributed by atoms with Crippen molar-refractivity contribution in [2.45, 2.75) is 233 Å². The first kappa shape index (κ1) is 59.0. The molecule has 0 N–H and O–H groups in total. The van der Waals surface area contributed by atoms with Crippen molar-refractivity contribution in [3.63, 3.8) is 0 Å². The number of hydrogen-bond acceptors (Lipinski definition) is 11. The number of carbonyl (C=O) groups excluding carboxylic acids is 1. The Morgan fingerprint density at radius 2 is 0.933 bits per heavy atom. The quantitative estimate of drug-likeness (QED) is 0.0254. The third-order valence-electron chi connectivity index (χ3n) is 11.4. The molecule has 0 aromatic heterocycles. The molecular formula is C49H96N2O3S6. The van der Waals surface area contributed by atoms with E-state index < -0.39 is 0 Å². The Hall–Kier alpha value is 1.03. The van der Waals surface area contributed by atoms with Crippen LogP contribution in [0.2, 0.25) is 0 Å². The second-order valence-electron chi connectivity index (χ2n) is 17.7. The Morgan fingerprint density at radius 3 is 1.35 bits per heavy atom. The Morgan fingerprint density at radius 1 is 0.517 bits per heavy atom. The van der Waals surface area contributed by atoms with E-state index in [9.17, 15) is 4.79 Å². The summed E-state index contributed by atoms with van der Waals surface area (Å²) < 4.78 is 12.5. The number of hydrogen-bond donors (Lipinski definition) is 0. The summed E-state index contributed by atoms with van der Waals surface area (Å²) in [4.78, 5) is 17.6. The molecule has 0 amide bonds. The maximum atomic E-state index is 12.9. The monoisotopic (exact) mass is 953 g/mol. The van der Waals surface area contributed by atoms with Gasteiger partial charge in [-0.25, -0.2) is 0 Å². The third kappa shape index (κ3) is 39.4. The molecule has 1 aliphatic carbocycles. The minimum atomic E-state index is -0.0662. The Kier molecular flexibility index (Phi) is 44.5. The Labute approximate surface area is 397 Å². The van der Waals surface area contributed by atoms with Gasteiger partial charge < -0.3 is 19.3 Å². The lowest BCUT2D eigenvalue weighted by molar-refractivity contribution is -0.147. The lowest BCUT2D eigenvalue weighted by Crippen LogP contribution is -2.32. The number of esters is 1. The highest BCUT2D eigenvalue weighted by molar-refractivity contribution is 9.09. The number of allylic oxidation sites excluding steroid dienone is 1. The lowest BCUT2D eigenvalue weighted by Gasteiger charge is -2.28. The molecule has 0 bridgehead atoms. The summed E-state index contributed by atoms with van der Waals surface area (Å²) in [6.45, 7) is 12.6. The number of unbranched alkanes of at least 4 members (excludes halogenated alkanes) is 22. The average molecular weight is 954 g/mol. The van der Waals surface area contributed by atoms with Gasteiger partial charge in [-0.15, -0.1) is 0 Å². The number of ether oxygens (including phenoxy) is 2.